The predicted molar refractivity (Wildman–Crippen MR) is 146 cm³/mol. The van der Waals surface area contributed by atoms with Crippen molar-refractivity contribution in [2.75, 3.05) is 6.54 Å². The molecule has 0 radical (unpaired) electrons. The molecule has 0 aliphatic carbocycles. The van der Waals surface area contributed by atoms with Gasteiger partial charge < -0.3 is 15.1 Å². The van der Waals surface area contributed by atoms with Gasteiger partial charge in [0.2, 0.25) is 5.91 Å². The lowest BCUT2D eigenvalue weighted by Gasteiger charge is -2.25. The van der Waals surface area contributed by atoms with Gasteiger partial charge in [0.15, 0.2) is 16.6 Å². The van der Waals surface area contributed by atoms with Crippen LogP contribution >= 0.6 is 0 Å². The molecule has 14 heteroatoms. The predicted octanol–water partition coefficient (Wildman–Crippen LogP) is 3.92. The number of ketones is 1. The first-order valence-electron chi connectivity index (χ1n) is 13.3. The van der Waals surface area contributed by atoms with Crippen LogP contribution in [0.15, 0.2) is 58.1 Å². The molecular formula is C28H31F3N4O6S. The Labute approximate surface area is 240 Å². The van der Waals surface area contributed by atoms with Crippen LogP contribution < -0.4 is 10.6 Å². The van der Waals surface area contributed by atoms with Crippen LogP contribution in [0, 0.1) is 5.92 Å². The van der Waals surface area contributed by atoms with Crippen LogP contribution in [0.1, 0.15) is 56.2 Å². The fraction of sp³-hybridized carbons (Fsp3) is 0.429. The summed E-state index contributed by atoms with van der Waals surface area (Å²) < 4.78 is 71.6. The number of hydrogen-bond donors (Lipinski definition) is 2. The summed E-state index contributed by atoms with van der Waals surface area (Å²) >= 11 is 0. The normalized spacial score (nSPS) is 19.5. The van der Waals surface area contributed by atoms with Gasteiger partial charge in [-0.15, -0.1) is 0 Å². The second kappa shape index (κ2) is 12.2. The number of para-hydroxylation sites is 1. The molecule has 2 amide bonds. The highest BCUT2D eigenvalue weighted by Gasteiger charge is 2.39. The number of hydrogen-bond acceptors (Lipinski definition) is 7. The van der Waals surface area contributed by atoms with Crippen molar-refractivity contribution >= 4 is 38.6 Å². The van der Waals surface area contributed by atoms with E-state index in [1.165, 1.54) is 0 Å². The SMILES string of the molecule is CC(C)C[C@H](NC(=O)c1cc2ccccc2o1)C(=O)NC1CC[C@@H](C)N(S(=O)(=O)c2ccc(C(F)(F)F)cn2)CC1=O. The maximum absolute atomic E-state index is 13.3. The Morgan fingerprint density at radius 3 is 2.48 bits per heavy atom. The van der Waals surface area contributed by atoms with Crippen molar-refractivity contribution in [2.45, 2.75) is 69.4 Å². The minimum absolute atomic E-state index is 0.00144. The lowest BCUT2D eigenvalue weighted by atomic mass is 10.0. The Bertz CT molecular complexity index is 1540. The number of alkyl halides is 3. The first-order chi connectivity index (χ1) is 19.7. The maximum atomic E-state index is 13.3. The Morgan fingerprint density at radius 2 is 1.86 bits per heavy atom. The zero-order chi connectivity index (χ0) is 30.8. The van der Waals surface area contributed by atoms with Gasteiger partial charge in [-0.05, 0) is 56.4 Å². The molecule has 3 heterocycles. The van der Waals surface area contributed by atoms with Crippen LogP contribution in [0.3, 0.4) is 0 Å². The van der Waals surface area contributed by atoms with Crippen LogP contribution in [-0.4, -0.2) is 60.0 Å². The minimum Gasteiger partial charge on any atom is -0.451 e. The van der Waals surface area contributed by atoms with Gasteiger partial charge in [0.25, 0.3) is 15.9 Å². The maximum Gasteiger partial charge on any atom is 0.417 e. The molecule has 1 aliphatic heterocycles. The number of nitrogens with zero attached hydrogens (tertiary/aromatic N) is 2. The molecule has 1 saturated heterocycles. The topological polar surface area (TPSA) is 139 Å². The molecule has 2 aromatic heterocycles. The van der Waals surface area contributed by atoms with Crippen molar-refractivity contribution in [1.29, 1.82) is 0 Å². The number of nitrogens with one attached hydrogen (secondary N) is 2. The summed E-state index contributed by atoms with van der Waals surface area (Å²) in [6.07, 6.45) is -3.71. The summed E-state index contributed by atoms with van der Waals surface area (Å²) in [4.78, 5) is 42.9. The van der Waals surface area contributed by atoms with E-state index in [0.29, 0.717) is 17.8 Å². The number of sulfonamides is 1. The van der Waals surface area contributed by atoms with Gasteiger partial charge in [0.1, 0.15) is 11.6 Å². The lowest BCUT2D eigenvalue weighted by Crippen LogP contribution is -2.52. The summed E-state index contributed by atoms with van der Waals surface area (Å²) in [5, 5.41) is 5.43. The third kappa shape index (κ3) is 6.98. The van der Waals surface area contributed by atoms with Crippen LogP contribution in [0.5, 0.6) is 0 Å². The zero-order valence-electron chi connectivity index (χ0n) is 23.1. The molecule has 0 bridgehead atoms. The number of amides is 2. The zero-order valence-corrected chi connectivity index (χ0v) is 24.0. The fourth-order valence-corrected chi connectivity index (χ4v) is 6.27. The molecule has 42 heavy (non-hydrogen) atoms. The van der Waals surface area contributed by atoms with E-state index in [0.717, 1.165) is 15.8 Å². The molecule has 10 nitrogen and oxygen atoms in total. The lowest BCUT2D eigenvalue weighted by molar-refractivity contribution is -0.137. The summed E-state index contributed by atoms with van der Waals surface area (Å²) in [5.41, 5.74) is -0.593. The Balaban J connectivity index is 1.47. The van der Waals surface area contributed by atoms with E-state index in [2.05, 4.69) is 15.6 Å². The van der Waals surface area contributed by atoms with Crippen molar-refractivity contribution in [3.05, 3.63) is 60.0 Å². The van der Waals surface area contributed by atoms with Crippen molar-refractivity contribution < 1.29 is 40.4 Å². The number of benzene rings is 1. The van der Waals surface area contributed by atoms with Gasteiger partial charge in [-0.3, -0.25) is 14.4 Å². The highest BCUT2D eigenvalue weighted by atomic mass is 32.2. The quantitative estimate of drug-likeness (QED) is 0.395. The standard InChI is InChI=1S/C28H31F3N4O6S/c1-16(2)12-21(34-27(38)24-13-18-6-4-5-7-23(18)41-24)26(37)33-20-10-8-17(3)35(15-22(20)36)42(39,40)25-11-9-19(14-32-25)28(29,30)31/h4-7,9,11,13-14,16-17,20-21H,8,10,12,15H2,1-3H3,(H,33,37)(H,34,38)/t17-,20?,21+/m1/s1. The number of aromatic nitrogens is 1. The third-order valence-electron chi connectivity index (χ3n) is 7.00. The molecule has 4 rings (SSSR count). The highest BCUT2D eigenvalue weighted by molar-refractivity contribution is 7.89. The Hall–Kier alpha value is -3.78. The van der Waals surface area contributed by atoms with Crippen LogP contribution in [0.2, 0.25) is 0 Å². The second-order valence-corrected chi connectivity index (χ2v) is 12.5. The summed E-state index contributed by atoms with van der Waals surface area (Å²) in [7, 11) is -4.42. The van der Waals surface area contributed by atoms with Crippen molar-refractivity contribution in [3.8, 4) is 0 Å². The number of furan rings is 1. The van der Waals surface area contributed by atoms with Crippen molar-refractivity contribution in [3.63, 3.8) is 0 Å². The molecule has 0 spiro atoms. The van der Waals surface area contributed by atoms with E-state index in [4.69, 9.17) is 4.42 Å². The van der Waals surface area contributed by atoms with Gasteiger partial charge in [-0.25, -0.2) is 13.4 Å². The van der Waals surface area contributed by atoms with E-state index in [1.807, 2.05) is 13.8 Å². The van der Waals surface area contributed by atoms with Crippen molar-refractivity contribution in [2.24, 2.45) is 5.92 Å². The number of fused-ring (bicyclic) bond motifs is 1. The number of Topliss-reactive ketones (excluding diaryl/α,β-unsaturated/α-hetero) is 1. The van der Waals surface area contributed by atoms with Gasteiger partial charge in [-0.1, -0.05) is 32.0 Å². The highest BCUT2D eigenvalue weighted by Crippen LogP contribution is 2.30. The van der Waals surface area contributed by atoms with Crippen LogP contribution in [-0.2, 0) is 25.8 Å². The van der Waals surface area contributed by atoms with Gasteiger partial charge in [-0.2, -0.15) is 17.5 Å². The van der Waals surface area contributed by atoms with Gasteiger partial charge in [0, 0.05) is 17.6 Å². The van der Waals surface area contributed by atoms with Crippen LogP contribution in [0.25, 0.3) is 11.0 Å². The Morgan fingerprint density at radius 1 is 1.14 bits per heavy atom. The first-order valence-corrected chi connectivity index (χ1v) is 14.8. The number of halogens is 3. The molecule has 226 valence electrons. The molecular weight excluding hydrogens is 577 g/mol. The number of rotatable bonds is 8. The average molecular weight is 609 g/mol. The van der Waals surface area contributed by atoms with E-state index < -0.39 is 69.1 Å². The fourth-order valence-electron chi connectivity index (χ4n) is 4.73. The van der Waals surface area contributed by atoms with E-state index in [1.54, 1.807) is 37.3 Å². The monoisotopic (exact) mass is 608 g/mol. The molecule has 3 atom stereocenters. The molecule has 1 unspecified atom stereocenters. The van der Waals surface area contributed by atoms with E-state index in [9.17, 15) is 36.0 Å². The van der Waals surface area contributed by atoms with Gasteiger partial charge >= 0.3 is 6.18 Å². The number of pyridine rings is 1. The largest absolute Gasteiger partial charge is 0.451 e. The third-order valence-corrected chi connectivity index (χ3v) is 8.87. The minimum atomic E-state index is -4.69. The second-order valence-electron chi connectivity index (χ2n) is 10.7. The molecule has 0 saturated carbocycles. The molecule has 1 aromatic carbocycles. The van der Waals surface area contributed by atoms with Crippen molar-refractivity contribution in [1.82, 2.24) is 19.9 Å². The molecule has 1 fully saturated rings. The number of carbonyl (C=O) groups excluding carboxylic acids is 3. The number of carbonyl (C=O) groups is 3. The molecule has 3 aromatic rings. The smallest absolute Gasteiger partial charge is 0.417 e. The van der Waals surface area contributed by atoms with Gasteiger partial charge in [0.05, 0.1) is 18.2 Å². The van der Waals surface area contributed by atoms with E-state index >= 15 is 0 Å². The summed E-state index contributed by atoms with van der Waals surface area (Å²) in [6, 6.07) is 7.22. The first kappa shape index (κ1) is 31.2. The summed E-state index contributed by atoms with van der Waals surface area (Å²) in [5.74, 6) is -1.79. The molecule has 1 aliphatic rings. The molecule has 2 N–H and O–H groups in total. The van der Waals surface area contributed by atoms with E-state index in [-0.39, 0.29) is 30.9 Å². The van der Waals surface area contributed by atoms with Crippen LogP contribution in [0.4, 0.5) is 13.2 Å². The average Bonchev–Trinajstić information content (AvgIpc) is 3.31. The Kier molecular flexibility index (Phi) is 9.06. The summed E-state index contributed by atoms with van der Waals surface area (Å²) in [6.45, 7) is 4.68.